The van der Waals surface area contributed by atoms with Gasteiger partial charge in [0.25, 0.3) is 0 Å². The smallest absolute Gasteiger partial charge is 0.298 e. The molecular formula is C19H16FeO. The second kappa shape index (κ2) is 9.71. The minimum absolute atomic E-state index is 0. The van der Waals surface area contributed by atoms with Crippen LogP contribution >= 0.6 is 0 Å². The van der Waals surface area contributed by atoms with E-state index in [4.69, 9.17) is 0 Å². The van der Waals surface area contributed by atoms with Crippen molar-refractivity contribution in [1.29, 1.82) is 0 Å². The average Bonchev–Trinajstić information content (AvgIpc) is 3.21. The molecule has 21 heavy (non-hydrogen) atoms. The van der Waals surface area contributed by atoms with Crippen LogP contribution in [0.15, 0.2) is 78.9 Å². The van der Waals surface area contributed by atoms with Gasteiger partial charge in [-0.25, -0.2) is 12.1 Å². The quantitative estimate of drug-likeness (QED) is 0.386. The molecule has 2 heteroatoms. The first-order valence-corrected chi connectivity index (χ1v) is 6.50. The van der Waals surface area contributed by atoms with E-state index in [0.29, 0.717) is 5.56 Å². The molecule has 0 unspecified atom stereocenters. The van der Waals surface area contributed by atoms with E-state index < -0.39 is 0 Å². The second-order valence-corrected chi connectivity index (χ2v) is 4.30. The summed E-state index contributed by atoms with van der Waals surface area (Å²) < 4.78 is 0. The van der Waals surface area contributed by atoms with Crippen LogP contribution in [0, 0.1) is 0 Å². The second-order valence-electron chi connectivity index (χ2n) is 4.30. The largest absolute Gasteiger partial charge is 2.00 e. The SMILES string of the molecule is O=Cc1ccc(/C=C/[c-]2cccc2)cc1.[Fe+2].c1cc[cH-]c1. The minimum Gasteiger partial charge on any atom is -0.298 e. The molecule has 0 heterocycles. The molecule has 0 saturated carbocycles. The van der Waals surface area contributed by atoms with Crippen LogP contribution < -0.4 is 0 Å². The fraction of sp³-hybridized carbons (Fsp3) is 0. The van der Waals surface area contributed by atoms with Gasteiger partial charge < -0.3 is 0 Å². The van der Waals surface area contributed by atoms with E-state index in [1.165, 1.54) is 5.56 Å². The number of hydrogen-bond donors (Lipinski definition) is 0. The summed E-state index contributed by atoms with van der Waals surface area (Å²) in [4.78, 5) is 10.4. The van der Waals surface area contributed by atoms with Crippen LogP contribution in [0.3, 0.4) is 0 Å². The molecule has 0 spiro atoms. The molecule has 0 amide bonds. The zero-order valence-corrected chi connectivity index (χ0v) is 12.6. The molecule has 3 aromatic rings. The number of benzene rings is 1. The van der Waals surface area contributed by atoms with Gasteiger partial charge in [0.05, 0.1) is 0 Å². The van der Waals surface area contributed by atoms with Gasteiger partial charge in [0.15, 0.2) is 0 Å². The van der Waals surface area contributed by atoms with E-state index >= 15 is 0 Å². The average molecular weight is 316 g/mol. The molecule has 0 radical (unpaired) electrons. The van der Waals surface area contributed by atoms with Crippen molar-refractivity contribution in [3.63, 3.8) is 0 Å². The van der Waals surface area contributed by atoms with Gasteiger partial charge in [-0.2, -0.15) is 30.3 Å². The fourth-order valence-corrected chi connectivity index (χ4v) is 1.70. The molecule has 0 aliphatic carbocycles. The number of hydrogen-bond acceptors (Lipinski definition) is 1. The van der Waals surface area contributed by atoms with Gasteiger partial charge in [0.2, 0.25) is 0 Å². The third-order valence-electron chi connectivity index (χ3n) is 2.78. The van der Waals surface area contributed by atoms with Crippen LogP contribution in [-0.2, 0) is 17.1 Å². The Balaban J connectivity index is 0.000000313. The van der Waals surface area contributed by atoms with Crippen LogP contribution in [0.25, 0.3) is 12.2 Å². The number of carbonyl (C=O) groups is 1. The summed E-state index contributed by atoms with van der Waals surface area (Å²) in [6.45, 7) is 0. The molecule has 0 aliphatic rings. The van der Waals surface area contributed by atoms with Crippen molar-refractivity contribution in [3.05, 3.63) is 95.6 Å². The van der Waals surface area contributed by atoms with Gasteiger partial charge >= 0.3 is 17.1 Å². The number of rotatable bonds is 3. The van der Waals surface area contributed by atoms with E-state index in [1.54, 1.807) is 0 Å². The van der Waals surface area contributed by atoms with Crippen LogP contribution in [0.2, 0.25) is 0 Å². The predicted octanol–water partition coefficient (Wildman–Crippen LogP) is 4.79. The van der Waals surface area contributed by atoms with Crippen molar-refractivity contribution in [2.24, 2.45) is 0 Å². The Morgan fingerprint density at radius 1 is 0.857 bits per heavy atom. The molecule has 0 atom stereocenters. The van der Waals surface area contributed by atoms with Crippen molar-refractivity contribution in [2.45, 2.75) is 0 Å². The van der Waals surface area contributed by atoms with E-state index in [1.807, 2.05) is 72.8 Å². The minimum atomic E-state index is 0. The molecule has 0 N–H and O–H groups in total. The molecular weight excluding hydrogens is 300 g/mol. The summed E-state index contributed by atoms with van der Waals surface area (Å²) >= 11 is 0. The summed E-state index contributed by atoms with van der Waals surface area (Å²) in [5.41, 5.74) is 3.00. The maximum Gasteiger partial charge on any atom is 2.00 e. The van der Waals surface area contributed by atoms with Gasteiger partial charge in [-0.15, -0.1) is 29.8 Å². The van der Waals surface area contributed by atoms with Gasteiger partial charge in [0, 0.05) is 5.56 Å². The van der Waals surface area contributed by atoms with E-state index in [9.17, 15) is 4.79 Å². The zero-order chi connectivity index (χ0) is 14.0. The molecule has 0 aliphatic heterocycles. The molecule has 3 rings (SSSR count). The molecule has 0 bridgehead atoms. The predicted molar refractivity (Wildman–Crippen MR) is 84.8 cm³/mol. The first-order chi connectivity index (χ1) is 9.88. The van der Waals surface area contributed by atoms with Crippen molar-refractivity contribution < 1.29 is 21.9 Å². The molecule has 0 aromatic heterocycles. The fourth-order valence-electron chi connectivity index (χ4n) is 1.70. The van der Waals surface area contributed by atoms with Crippen molar-refractivity contribution in [2.75, 3.05) is 0 Å². The van der Waals surface area contributed by atoms with Crippen LogP contribution in [0.4, 0.5) is 0 Å². The molecule has 0 fully saturated rings. The van der Waals surface area contributed by atoms with Crippen molar-refractivity contribution >= 4 is 18.4 Å². The third kappa shape index (κ3) is 6.22. The first kappa shape index (κ1) is 16.9. The monoisotopic (exact) mass is 316 g/mol. The number of carbonyl (C=O) groups excluding carboxylic acids is 1. The van der Waals surface area contributed by atoms with Crippen molar-refractivity contribution in [3.8, 4) is 0 Å². The summed E-state index contributed by atoms with van der Waals surface area (Å²) in [5.74, 6) is 0. The molecule has 0 saturated heterocycles. The van der Waals surface area contributed by atoms with Gasteiger partial charge in [-0.3, -0.25) is 4.79 Å². The molecule has 106 valence electrons. The summed E-state index contributed by atoms with van der Waals surface area (Å²) in [7, 11) is 0. The van der Waals surface area contributed by atoms with E-state index in [-0.39, 0.29) is 17.1 Å². The van der Waals surface area contributed by atoms with Crippen LogP contribution in [0.5, 0.6) is 0 Å². The Bertz CT molecular complexity index is 600. The first-order valence-electron chi connectivity index (χ1n) is 6.50. The van der Waals surface area contributed by atoms with Gasteiger partial charge in [-0.05, 0) is 0 Å². The molecule has 1 nitrogen and oxygen atoms in total. The Hall–Kier alpha value is -2.15. The maximum absolute atomic E-state index is 10.4. The summed E-state index contributed by atoms with van der Waals surface area (Å²) in [6.07, 6.45) is 4.94. The normalized spacial score (nSPS) is 9.52. The Kier molecular flexibility index (Phi) is 7.81. The van der Waals surface area contributed by atoms with Gasteiger partial charge in [-0.1, -0.05) is 29.8 Å². The summed E-state index contributed by atoms with van der Waals surface area (Å²) in [5, 5.41) is 0. The Morgan fingerprint density at radius 3 is 1.90 bits per heavy atom. The standard InChI is InChI=1S/C14H11O.C5H5.Fe/c15-11-14-9-7-13(8-10-14)6-5-12-3-1-2-4-12;1-2-4-5-3-1;/h1-11H;1-5H;/q2*-1;+2/b6-5+;;. The van der Waals surface area contributed by atoms with Crippen molar-refractivity contribution in [1.82, 2.24) is 0 Å². The Morgan fingerprint density at radius 2 is 1.43 bits per heavy atom. The molecule has 3 aromatic carbocycles. The Labute approximate surface area is 136 Å². The topological polar surface area (TPSA) is 17.1 Å². The van der Waals surface area contributed by atoms with Crippen LogP contribution in [-0.4, -0.2) is 6.29 Å². The van der Waals surface area contributed by atoms with Gasteiger partial charge in [0.1, 0.15) is 6.29 Å². The number of aldehydes is 1. The third-order valence-corrected chi connectivity index (χ3v) is 2.78. The summed E-state index contributed by atoms with van der Waals surface area (Å²) in [6, 6.07) is 25.6. The maximum atomic E-state index is 10.4. The zero-order valence-electron chi connectivity index (χ0n) is 11.5. The van der Waals surface area contributed by atoms with Crippen LogP contribution in [0.1, 0.15) is 21.5 Å². The van der Waals surface area contributed by atoms with E-state index in [2.05, 4.69) is 18.2 Å². The van der Waals surface area contributed by atoms with E-state index in [0.717, 1.165) is 11.8 Å².